The quantitative estimate of drug-likeness (QED) is 0.628. The minimum atomic E-state index is -0.597. The van der Waals surface area contributed by atoms with Crippen molar-refractivity contribution in [1.82, 2.24) is 0 Å². The summed E-state index contributed by atoms with van der Waals surface area (Å²) in [5.74, 6) is -1.06. The molecule has 0 spiro atoms. The lowest BCUT2D eigenvalue weighted by Gasteiger charge is -2.06. The molecule has 0 bridgehead atoms. The summed E-state index contributed by atoms with van der Waals surface area (Å²) in [6, 6.07) is 12.3. The van der Waals surface area contributed by atoms with Crippen LogP contribution in [-0.2, 0) is 14.3 Å². The van der Waals surface area contributed by atoms with Crippen LogP contribution in [0.3, 0.4) is 0 Å². The topological polar surface area (TPSA) is 55.4 Å². The number of carbonyl (C=O) groups excluding carboxylic acids is 2. The lowest BCUT2D eigenvalue weighted by atomic mass is 10.1. The van der Waals surface area contributed by atoms with E-state index >= 15 is 0 Å². The molecule has 0 aliphatic heterocycles. The van der Waals surface area contributed by atoms with Gasteiger partial charge in [-0.3, -0.25) is 4.79 Å². The number of carbonyl (C=O) groups is 2. The van der Waals surface area contributed by atoms with Crippen LogP contribution in [-0.4, -0.2) is 18.5 Å². The van der Waals surface area contributed by atoms with E-state index in [1.807, 2.05) is 31.2 Å². The number of benzene rings is 2. The van der Waals surface area contributed by atoms with E-state index in [0.29, 0.717) is 15.7 Å². The molecule has 24 heavy (non-hydrogen) atoms. The van der Waals surface area contributed by atoms with Gasteiger partial charge in [0.05, 0.1) is 10.0 Å². The lowest BCUT2D eigenvalue weighted by molar-refractivity contribution is -0.142. The number of amides is 1. The summed E-state index contributed by atoms with van der Waals surface area (Å²) in [7, 11) is 0. The van der Waals surface area contributed by atoms with Crippen molar-refractivity contribution in [2.24, 2.45) is 0 Å². The van der Waals surface area contributed by atoms with Gasteiger partial charge >= 0.3 is 5.97 Å². The van der Waals surface area contributed by atoms with Crippen LogP contribution < -0.4 is 5.32 Å². The van der Waals surface area contributed by atoms with Gasteiger partial charge in [0.2, 0.25) is 0 Å². The van der Waals surface area contributed by atoms with Crippen LogP contribution in [0.15, 0.2) is 48.5 Å². The van der Waals surface area contributed by atoms with Gasteiger partial charge in [0.25, 0.3) is 5.91 Å². The van der Waals surface area contributed by atoms with Crippen molar-refractivity contribution in [2.75, 3.05) is 11.9 Å². The Morgan fingerprint density at radius 3 is 2.46 bits per heavy atom. The summed E-state index contributed by atoms with van der Waals surface area (Å²) in [6.07, 6.45) is 2.90. The first kappa shape index (κ1) is 18.0. The zero-order valence-corrected chi connectivity index (χ0v) is 14.4. The maximum absolute atomic E-state index is 11.7. The smallest absolute Gasteiger partial charge is 0.331 e. The molecule has 0 radical (unpaired) electrons. The average molecular weight is 364 g/mol. The maximum atomic E-state index is 11.7. The van der Waals surface area contributed by atoms with Gasteiger partial charge in [-0.15, -0.1) is 0 Å². The van der Waals surface area contributed by atoms with Gasteiger partial charge in [-0.05, 0) is 36.8 Å². The summed E-state index contributed by atoms with van der Waals surface area (Å²) in [5, 5.41) is 3.28. The van der Waals surface area contributed by atoms with E-state index in [-0.39, 0.29) is 0 Å². The van der Waals surface area contributed by atoms with E-state index in [1.54, 1.807) is 18.2 Å². The number of nitrogens with one attached hydrogen (secondary N) is 1. The monoisotopic (exact) mass is 363 g/mol. The molecule has 0 fully saturated rings. The molecule has 0 aliphatic rings. The molecule has 0 aliphatic carbocycles. The number of rotatable bonds is 5. The van der Waals surface area contributed by atoms with Crippen molar-refractivity contribution in [3.63, 3.8) is 0 Å². The van der Waals surface area contributed by atoms with E-state index < -0.39 is 18.5 Å². The molecule has 2 aromatic carbocycles. The number of hydrogen-bond donors (Lipinski definition) is 1. The third-order valence-corrected chi connectivity index (χ3v) is 3.78. The van der Waals surface area contributed by atoms with E-state index in [9.17, 15) is 9.59 Å². The third kappa shape index (κ3) is 5.72. The number of esters is 1. The Kier molecular flexibility index (Phi) is 6.41. The molecule has 0 aromatic heterocycles. The molecule has 6 heteroatoms. The first-order valence-corrected chi connectivity index (χ1v) is 7.86. The molecular formula is C18H15Cl2NO3. The number of aryl methyl sites for hydroxylation is 1. The van der Waals surface area contributed by atoms with E-state index in [0.717, 1.165) is 11.1 Å². The molecule has 0 unspecified atom stereocenters. The highest BCUT2D eigenvalue weighted by Gasteiger charge is 2.07. The van der Waals surface area contributed by atoms with Crippen molar-refractivity contribution in [3.05, 3.63) is 69.7 Å². The van der Waals surface area contributed by atoms with Gasteiger partial charge in [0.15, 0.2) is 6.61 Å². The summed E-state index contributed by atoms with van der Waals surface area (Å²) in [5.41, 5.74) is 2.48. The molecule has 2 aromatic rings. The minimum absolute atomic E-state index is 0.326. The van der Waals surface area contributed by atoms with Crippen LogP contribution in [0.25, 0.3) is 6.08 Å². The normalized spacial score (nSPS) is 10.6. The van der Waals surface area contributed by atoms with Gasteiger partial charge in [0, 0.05) is 11.8 Å². The second-order valence-corrected chi connectivity index (χ2v) is 5.84. The van der Waals surface area contributed by atoms with Gasteiger partial charge in [-0.2, -0.15) is 0 Å². The van der Waals surface area contributed by atoms with Crippen LogP contribution in [0, 0.1) is 6.92 Å². The fourth-order valence-electron chi connectivity index (χ4n) is 1.80. The number of anilines is 1. The highest BCUT2D eigenvalue weighted by molar-refractivity contribution is 6.42. The van der Waals surface area contributed by atoms with Crippen LogP contribution in [0.1, 0.15) is 11.1 Å². The maximum Gasteiger partial charge on any atom is 0.331 e. The van der Waals surface area contributed by atoms with Crippen LogP contribution in [0.2, 0.25) is 10.0 Å². The molecule has 1 amide bonds. The molecule has 124 valence electrons. The first-order valence-electron chi connectivity index (χ1n) is 7.10. The molecular weight excluding hydrogens is 349 g/mol. The molecule has 0 saturated heterocycles. The minimum Gasteiger partial charge on any atom is -0.452 e. The van der Waals surface area contributed by atoms with Crippen molar-refractivity contribution in [3.8, 4) is 0 Å². The number of halogens is 2. The Hall–Kier alpha value is -2.30. The first-order chi connectivity index (χ1) is 11.4. The summed E-state index contributed by atoms with van der Waals surface area (Å²) >= 11 is 11.6. The fraction of sp³-hybridized carbons (Fsp3) is 0.111. The Labute approximate surface area is 150 Å². The third-order valence-electron chi connectivity index (χ3n) is 3.04. The van der Waals surface area contributed by atoms with E-state index in [1.165, 1.54) is 12.1 Å². The predicted octanol–water partition coefficient (Wildman–Crippen LogP) is 4.50. The van der Waals surface area contributed by atoms with Crippen molar-refractivity contribution < 1.29 is 14.3 Å². The van der Waals surface area contributed by atoms with E-state index in [4.69, 9.17) is 27.9 Å². The Bertz CT molecular complexity index is 770. The zero-order valence-electron chi connectivity index (χ0n) is 12.9. The standard InChI is InChI=1S/C18H15Cl2NO3/c1-12-2-4-13(5-3-12)6-9-18(23)24-11-17(22)21-14-7-8-15(19)16(20)10-14/h2-10H,11H2,1H3,(H,21,22)/b9-6+. The molecule has 2 rings (SSSR count). The van der Waals surface area contributed by atoms with Crippen molar-refractivity contribution >= 4 is 46.8 Å². The van der Waals surface area contributed by atoms with Gasteiger partial charge in [-0.25, -0.2) is 4.79 Å². The van der Waals surface area contributed by atoms with Crippen LogP contribution in [0.5, 0.6) is 0 Å². The van der Waals surface area contributed by atoms with Crippen molar-refractivity contribution in [2.45, 2.75) is 6.92 Å². The van der Waals surface area contributed by atoms with E-state index in [2.05, 4.69) is 5.32 Å². The number of hydrogen-bond acceptors (Lipinski definition) is 3. The fourth-order valence-corrected chi connectivity index (χ4v) is 2.10. The van der Waals surface area contributed by atoms with Gasteiger partial charge in [0.1, 0.15) is 0 Å². The molecule has 0 atom stereocenters. The number of ether oxygens (including phenoxy) is 1. The molecule has 0 heterocycles. The molecule has 1 N–H and O–H groups in total. The largest absolute Gasteiger partial charge is 0.452 e. The van der Waals surface area contributed by atoms with Gasteiger partial charge in [-0.1, -0.05) is 53.0 Å². The zero-order chi connectivity index (χ0) is 17.5. The Balaban J connectivity index is 1.81. The van der Waals surface area contributed by atoms with Crippen LogP contribution >= 0.6 is 23.2 Å². The van der Waals surface area contributed by atoms with Crippen LogP contribution in [0.4, 0.5) is 5.69 Å². The highest BCUT2D eigenvalue weighted by atomic mass is 35.5. The predicted molar refractivity (Wildman–Crippen MR) is 96.3 cm³/mol. The summed E-state index contributed by atoms with van der Waals surface area (Å²) in [4.78, 5) is 23.3. The van der Waals surface area contributed by atoms with Gasteiger partial charge < -0.3 is 10.1 Å². The summed E-state index contributed by atoms with van der Waals surface area (Å²) < 4.78 is 4.88. The second kappa shape index (κ2) is 8.52. The SMILES string of the molecule is Cc1ccc(/C=C/C(=O)OCC(=O)Nc2ccc(Cl)c(Cl)c2)cc1. The highest BCUT2D eigenvalue weighted by Crippen LogP contribution is 2.24. The Morgan fingerprint density at radius 1 is 1.08 bits per heavy atom. The average Bonchev–Trinajstić information content (AvgIpc) is 2.56. The molecule has 4 nitrogen and oxygen atoms in total. The lowest BCUT2D eigenvalue weighted by Crippen LogP contribution is -2.20. The Morgan fingerprint density at radius 2 is 1.79 bits per heavy atom. The second-order valence-electron chi connectivity index (χ2n) is 5.03. The summed E-state index contributed by atoms with van der Waals surface area (Å²) in [6.45, 7) is 1.59. The van der Waals surface area contributed by atoms with Crippen molar-refractivity contribution in [1.29, 1.82) is 0 Å². The molecule has 0 saturated carbocycles.